The maximum atomic E-state index is 11.7. The number of rotatable bonds is 7. The lowest BCUT2D eigenvalue weighted by molar-refractivity contribution is -0.130. The van der Waals surface area contributed by atoms with Gasteiger partial charge in [0.25, 0.3) is 0 Å². The topological polar surface area (TPSA) is 32.3 Å². The van der Waals surface area contributed by atoms with Gasteiger partial charge in [-0.05, 0) is 34.1 Å². The number of amides is 1. The lowest BCUT2D eigenvalue weighted by Gasteiger charge is -2.27. The zero-order valence-electron chi connectivity index (χ0n) is 10.9. The van der Waals surface area contributed by atoms with Crippen molar-refractivity contribution in [3.63, 3.8) is 0 Å². The van der Waals surface area contributed by atoms with E-state index >= 15 is 0 Å². The molecule has 0 aromatic rings. The average molecular weight is 214 g/mol. The van der Waals surface area contributed by atoms with E-state index in [9.17, 15) is 4.79 Å². The van der Waals surface area contributed by atoms with Crippen molar-refractivity contribution >= 4 is 5.91 Å². The van der Waals surface area contributed by atoms with Crippen LogP contribution in [-0.2, 0) is 4.79 Å². The molecule has 0 fully saturated rings. The Morgan fingerprint density at radius 3 is 2.13 bits per heavy atom. The number of hydrogen-bond acceptors (Lipinski definition) is 2. The smallest absolute Gasteiger partial charge is 0.236 e. The fourth-order valence-electron chi connectivity index (χ4n) is 1.72. The molecule has 0 aliphatic rings. The number of carbonyl (C=O) groups is 1. The van der Waals surface area contributed by atoms with Crippen molar-refractivity contribution in [1.82, 2.24) is 10.2 Å². The highest BCUT2D eigenvalue weighted by molar-refractivity contribution is 5.78. The first-order valence-electron chi connectivity index (χ1n) is 5.99. The quantitative estimate of drug-likeness (QED) is 0.703. The number of likely N-dealkylation sites (N-methyl/N-ethyl adjacent to an activating group) is 1. The Bertz CT molecular complexity index is 186. The maximum Gasteiger partial charge on any atom is 0.236 e. The van der Waals surface area contributed by atoms with E-state index in [0.717, 1.165) is 25.9 Å². The van der Waals surface area contributed by atoms with Crippen LogP contribution in [0.2, 0.25) is 0 Å². The van der Waals surface area contributed by atoms with Crippen LogP contribution in [0.3, 0.4) is 0 Å². The van der Waals surface area contributed by atoms with Crippen molar-refractivity contribution in [2.24, 2.45) is 0 Å². The van der Waals surface area contributed by atoms with Crippen LogP contribution in [0.15, 0.2) is 0 Å². The van der Waals surface area contributed by atoms with E-state index in [4.69, 9.17) is 0 Å². The molecule has 0 aliphatic heterocycles. The largest absolute Gasteiger partial charge is 0.342 e. The van der Waals surface area contributed by atoms with Crippen LogP contribution in [0.5, 0.6) is 0 Å². The highest BCUT2D eigenvalue weighted by Gasteiger charge is 2.18. The molecular formula is C12H26N2O. The Labute approximate surface area is 94.2 Å². The SMILES string of the molecule is CCCC(C)(C)NCC(=O)N(CC)CC. The predicted molar refractivity (Wildman–Crippen MR) is 64.9 cm³/mol. The third-order valence-corrected chi connectivity index (χ3v) is 2.71. The maximum absolute atomic E-state index is 11.7. The summed E-state index contributed by atoms with van der Waals surface area (Å²) in [5, 5.41) is 3.32. The lowest BCUT2D eigenvalue weighted by Crippen LogP contribution is -2.46. The summed E-state index contributed by atoms with van der Waals surface area (Å²) in [4.78, 5) is 13.6. The highest BCUT2D eigenvalue weighted by Crippen LogP contribution is 2.10. The van der Waals surface area contributed by atoms with E-state index in [1.807, 2.05) is 18.7 Å². The first-order chi connectivity index (χ1) is 6.96. The molecule has 0 saturated carbocycles. The molecule has 1 amide bonds. The van der Waals surface area contributed by atoms with Gasteiger partial charge >= 0.3 is 0 Å². The lowest BCUT2D eigenvalue weighted by atomic mass is 9.99. The molecule has 15 heavy (non-hydrogen) atoms. The van der Waals surface area contributed by atoms with Crippen LogP contribution >= 0.6 is 0 Å². The van der Waals surface area contributed by atoms with Gasteiger partial charge in [0.1, 0.15) is 0 Å². The van der Waals surface area contributed by atoms with Crippen LogP contribution in [0.1, 0.15) is 47.5 Å². The third kappa shape index (κ3) is 5.78. The minimum absolute atomic E-state index is 0.0670. The van der Waals surface area contributed by atoms with E-state index in [-0.39, 0.29) is 11.4 Å². The van der Waals surface area contributed by atoms with E-state index < -0.39 is 0 Å². The Hall–Kier alpha value is -0.570. The molecule has 3 heteroatoms. The summed E-state index contributed by atoms with van der Waals surface area (Å²) in [6.07, 6.45) is 2.23. The predicted octanol–water partition coefficient (Wildman–Crippen LogP) is 2.02. The first kappa shape index (κ1) is 14.4. The number of carbonyl (C=O) groups excluding carboxylic acids is 1. The van der Waals surface area contributed by atoms with Crippen molar-refractivity contribution in [3.05, 3.63) is 0 Å². The summed E-state index contributed by atoms with van der Waals surface area (Å²) in [6, 6.07) is 0. The average Bonchev–Trinajstić information content (AvgIpc) is 2.17. The van der Waals surface area contributed by atoms with Crippen molar-refractivity contribution in [3.8, 4) is 0 Å². The van der Waals surface area contributed by atoms with Gasteiger partial charge in [-0.15, -0.1) is 0 Å². The van der Waals surface area contributed by atoms with Gasteiger partial charge in [0.05, 0.1) is 6.54 Å². The van der Waals surface area contributed by atoms with Gasteiger partial charge < -0.3 is 10.2 Å². The van der Waals surface area contributed by atoms with Crippen LogP contribution in [0.25, 0.3) is 0 Å². The number of hydrogen-bond donors (Lipinski definition) is 1. The number of nitrogens with one attached hydrogen (secondary N) is 1. The van der Waals surface area contributed by atoms with Gasteiger partial charge in [-0.3, -0.25) is 4.79 Å². The zero-order chi connectivity index (χ0) is 11.9. The second-order valence-electron chi connectivity index (χ2n) is 4.55. The highest BCUT2D eigenvalue weighted by atomic mass is 16.2. The van der Waals surface area contributed by atoms with Gasteiger partial charge in [0.2, 0.25) is 5.91 Å². The molecule has 0 aliphatic carbocycles. The summed E-state index contributed by atoms with van der Waals surface area (Å²) in [5.74, 6) is 0.198. The number of nitrogens with zero attached hydrogens (tertiary/aromatic N) is 1. The Kier molecular flexibility index (Phi) is 6.57. The molecule has 90 valence electrons. The summed E-state index contributed by atoms with van der Waals surface area (Å²) in [7, 11) is 0. The molecule has 1 N–H and O–H groups in total. The van der Waals surface area contributed by atoms with E-state index in [0.29, 0.717) is 6.54 Å². The Morgan fingerprint density at radius 2 is 1.73 bits per heavy atom. The normalized spacial score (nSPS) is 11.5. The molecular weight excluding hydrogens is 188 g/mol. The Balaban J connectivity index is 3.98. The van der Waals surface area contributed by atoms with Crippen LogP contribution in [0, 0.1) is 0 Å². The van der Waals surface area contributed by atoms with E-state index in [1.54, 1.807) is 0 Å². The summed E-state index contributed by atoms with van der Waals surface area (Å²) in [5.41, 5.74) is 0.0670. The Morgan fingerprint density at radius 1 is 1.20 bits per heavy atom. The molecule has 0 aromatic heterocycles. The molecule has 3 nitrogen and oxygen atoms in total. The summed E-state index contributed by atoms with van der Waals surface area (Å²) < 4.78 is 0. The van der Waals surface area contributed by atoms with Gasteiger partial charge in [-0.1, -0.05) is 13.3 Å². The molecule has 0 heterocycles. The van der Waals surface area contributed by atoms with Crippen molar-refractivity contribution < 1.29 is 4.79 Å². The second-order valence-corrected chi connectivity index (χ2v) is 4.55. The monoisotopic (exact) mass is 214 g/mol. The molecule has 0 aromatic carbocycles. The minimum Gasteiger partial charge on any atom is -0.342 e. The standard InChI is InChI=1S/C12H26N2O/c1-6-9-12(4,5)13-10-11(15)14(7-2)8-3/h13H,6-10H2,1-5H3. The molecule has 0 rings (SSSR count). The summed E-state index contributed by atoms with van der Waals surface area (Å²) in [6.45, 7) is 12.5. The van der Waals surface area contributed by atoms with Gasteiger partial charge in [-0.25, -0.2) is 0 Å². The van der Waals surface area contributed by atoms with Crippen LogP contribution in [-0.4, -0.2) is 36.0 Å². The zero-order valence-corrected chi connectivity index (χ0v) is 10.9. The fraction of sp³-hybridized carbons (Fsp3) is 0.917. The van der Waals surface area contributed by atoms with Crippen LogP contribution < -0.4 is 5.32 Å². The second kappa shape index (κ2) is 6.83. The van der Waals surface area contributed by atoms with Gasteiger partial charge in [-0.2, -0.15) is 0 Å². The molecule has 0 saturated heterocycles. The van der Waals surface area contributed by atoms with Crippen molar-refractivity contribution in [2.75, 3.05) is 19.6 Å². The van der Waals surface area contributed by atoms with Crippen molar-refractivity contribution in [1.29, 1.82) is 0 Å². The van der Waals surface area contributed by atoms with Crippen LogP contribution in [0.4, 0.5) is 0 Å². The summed E-state index contributed by atoms with van der Waals surface area (Å²) >= 11 is 0. The van der Waals surface area contributed by atoms with E-state index in [2.05, 4.69) is 26.1 Å². The van der Waals surface area contributed by atoms with Gasteiger partial charge in [0, 0.05) is 18.6 Å². The molecule has 0 atom stereocenters. The molecule has 0 bridgehead atoms. The molecule has 0 unspecified atom stereocenters. The fourth-order valence-corrected chi connectivity index (χ4v) is 1.72. The van der Waals surface area contributed by atoms with E-state index in [1.165, 1.54) is 0 Å². The van der Waals surface area contributed by atoms with Crippen molar-refractivity contribution in [2.45, 2.75) is 53.0 Å². The first-order valence-corrected chi connectivity index (χ1v) is 5.99. The third-order valence-electron chi connectivity index (χ3n) is 2.71. The minimum atomic E-state index is 0.0670. The van der Waals surface area contributed by atoms with Gasteiger partial charge in [0.15, 0.2) is 0 Å². The molecule has 0 radical (unpaired) electrons. The molecule has 0 spiro atoms.